The molecular formula is C15H30N2S. The molecule has 0 spiro atoms. The van der Waals surface area contributed by atoms with Crippen LogP contribution in [0.4, 0.5) is 0 Å². The first-order valence-electron chi connectivity index (χ1n) is 7.77. The van der Waals surface area contributed by atoms with Gasteiger partial charge in [-0.2, -0.15) is 11.8 Å². The van der Waals surface area contributed by atoms with Gasteiger partial charge >= 0.3 is 0 Å². The van der Waals surface area contributed by atoms with Gasteiger partial charge in [0.25, 0.3) is 0 Å². The van der Waals surface area contributed by atoms with Crippen LogP contribution in [0.1, 0.15) is 52.9 Å². The Morgan fingerprint density at radius 2 is 2.17 bits per heavy atom. The molecule has 2 aliphatic rings. The molecule has 1 N–H and O–H groups in total. The minimum Gasteiger partial charge on any atom is -0.310 e. The molecule has 3 heteroatoms. The second kappa shape index (κ2) is 6.62. The number of nitrogens with one attached hydrogen (secondary N) is 1. The van der Waals surface area contributed by atoms with Gasteiger partial charge in [0, 0.05) is 23.4 Å². The minimum absolute atomic E-state index is 0.340. The van der Waals surface area contributed by atoms with Crippen LogP contribution < -0.4 is 5.32 Å². The molecule has 1 aliphatic heterocycles. The molecule has 1 aliphatic carbocycles. The molecule has 1 saturated carbocycles. The topological polar surface area (TPSA) is 15.3 Å². The third-order valence-electron chi connectivity index (χ3n) is 4.78. The van der Waals surface area contributed by atoms with Crippen molar-refractivity contribution in [2.24, 2.45) is 0 Å². The van der Waals surface area contributed by atoms with Gasteiger partial charge in [0.1, 0.15) is 0 Å². The van der Waals surface area contributed by atoms with Crippen molar-refractivity contribution in [1.29, 1.82) is 0 Å². The van der Waals surface area contributed by atoms with E-state index < -0.39 is 0 Å². The van der Waals surface area contributed by atoms with E-state index in [1.165, 1.54) is 57.5 Å². The highest BCUT2D eigenvalue weighted by Gasteiger charge is 2.34. The first kappa shape index (κ1) is 14.7. The molecule has 0 radical (unpaired) electrons. The van der Waals surface area contributed by atoms with E-state index in [1.54, 1.807) is 0 Å². The summed E-state index contributed by atoms with van der Waals surface area (Å²) in [5.41, 5.74) is 0.340. The molecule has 2 nitrogen and oxygen atoms in total. The average Bonchev–Trinajstić information content (AvgIpc) is 2.73. The number of hydrogen-bond donors (Lipinski definition) is 1. The summed E-state index contributed by atoms with van der Waals surface area (Å²) < 4.78 is 0. The largest absolute Gasteiger partial charge is 0.310 e. The van der Waals surface area contributed by atoms with Crippen LogP contribution in [0.5, 0.6) is 0 Å². The second-order valence-corrected chi connectivity index (χ2v) is 7.79. The van der Waals surface area contributed by atoms with Gasteiger partial charge < -0.3 is 5.32 Å². The van der Waals surface area contributed by atoms with Crippen molar-refractivity contribution in [2.75, 3.05) is 25.4 Å². The average molecular weight is 270 g/mol. The number of hydrogen-bond acceptors (Lipinski definition) is 3. The predicted octanol–water partition coefficient (Wildman–Crippen LogP) is 3.12. The van der Waals surface area contributed by atoms with Gasteiger partial charge in [0.15, 0.2) is 0 Å². The third kappa shape index (κ3) is 3.64. The number of nitrogens with zero attached hydrogens (tertiary/aromatic N) is 1. The van der Waals surface area contributed by atoms with Crippen LogP contribution in [0.2, 0.25) is 0 Å². The van der Waals surface area contributed by atoms with Crippen LogP contribution in [0.3, 0.4) is 0 Å². The summed E-state index contributed by atoms with van der Waals surface area (Å²) in [4.78, 5) is 2.79. The molecule has 1 saturated heterocycles. The van der Waals surface area contributed by atoms with Crippen LogP contribution in [-0.2, 0) is 0 Å². The van der Waals surface area contributed by atoms with Crippen molar-refractivity contribution in [1.82, 2.24) is 10.2 Å². The van der Waals surface area contributed by atoms with E-state index in [4.69, 9.17) is 0 Å². The predicted molar refractivity (Wildman–Crippen MR) is 82.4 cm³/mol. The lowest BCUT2D eigenvalue weighted by Gasteiger charge is -2.36. The van der Waals surface area contributed by atoms with Crippen molar-refractivity contribution < 1.29 is 0 Å². The maximum absolute atomic E-state index is 3.75. The Hall–Kier alpha value is 0.270. The van der Waals surface area contributed by atoms with Gasteiger partial charge in [-0.3, -0.25) is 4.90 Å². The summed E-state index contributed by atoms with van der Waals surface area (Å²) in [6.07, 6.45) is 6.85. The minimum atomic E-state index is 0.340. The second-order valence-electron chi connectivity index (χ2n) is 6.21. The molecule has 2 rings (SSSR count). The van der Waals surface area contributed by atoms with E-state index in [2.05, 4.69) is 42.7 Å². The highest BCUT2D eigenvalue weighted by atomic mass is 32.2. The van der Waals surface area contributed by atoms with Crippen LogP contribution in [0, 0.1) is 0 Å². The standard InChI is InChI=1S/C15H30N2S/c1-4-15(3)12-17(10-6-9-16-15)13-7-8-14(11-13)18-5-2/h13-14,16H,4-12H2,1-3H3. The Morgan fingerprint density at radius 1 is 1.33 bits per heavy atom. The van der Waals surface area contributed by atoms with E-state index >= 15 is 0 Å². The molecule has 0 aromatic heterocycles. The fraction of sp³-hybridized carbons (Fsp3) is 1.00. The van der Waals surface area contributed by atoms with Crippen LogP contribution in [-0.4, -0.2) is 47.1 Å². The Labute approximate surface area is 117 Å². The smallest absolute Gasteiger partial charge is 0.0277 e. The molecule has 2 fully saturated rings. The van der Waals surface area contributed by atoms with E-state index in [0.717, 1.165) is 11.3 Å². The summed E-state index contributed by atoms with van der Waals surface area (Å²) in [5, 5.41) is 4.68. The molecule has 0 amide bonds. The molecule has 0 aromatic rings. The normalized spacial score (nSPS) is 38.8. The van der Waals surface area contributed by atoms with Crippen molar-refractivity contribution in [3.8, 4) is 0 Å². The van der Waals surface area contributed by atoms with Crippen molar-refractivity contribution in [3.63, 3.8) is 0 Å². The molecule has 0 aromatic carbocycles. The molecule has 3 unspecified atom stereocenters. The van der Waals surface area contributed by atoms with Crippen molar-refractivity contribution in [3.05, 3.63) is 0 Å². The Morgan fingerprint density at radius 3 is 2.89 bits per heavy atom. The van der Waals surface area contributed by atoms with Gasteiger partial charge in [-0.25, -0.2) is 0 Å². The quantitative estimate of drug-likeness (QED) is 0.845. The summed E-state index contributed by atoms with van der Waals surface area (Å²) in [6, 6.07) is 0.861. The Balaban J connectivity index is 1.91. The van der Waals surface area contributed by atoms with Gasteiger partial charge in [0.05, 0.1) is 0 Å². The van der Waals surface area contributed by atoms with Gasteiger partial charge in [-0.05, 0) is 57.9 Å². The summed E-state index contributed by atoms with van der Waals surface area (Å²) >= 11 is 2.18. The molecule has 3 atom stereocenters. The number of rotatable bonds is 4. The zero-order valence-corrected chi connectivity index (χ0v) is 13.2. The van der Waals surface area contributed by atoms with Gasteiger partial charge in [-0.1, -0.05) is 13.8 Å². The molecular weight excluding hydrogens is 240 g/mol. The lowest BCUT2D eigenvalue weighted by atomic mass is 9.97. The molecule has 1 heterocycles. The lowest BCUT2D eigenvalue weighted by Crippen LogP contribution is -2.50. The lowest BCUT2D eigenvalue weighted by molar-refractivity contribution is 0.161. The molecule has 18 heavy (non-hydrogen) atoms. The highest BCUT2D eigenvalue weighted by Crippen LogP contribution is 2.33. The zero-order chi connectivity index (χ0) is 13.0. The van der Waals surface area contributed by atoms with Crippen molar-refractivity contribution in [2.45, 2.75) is 69.7 Å². The number of thioether (sulfide) groups is 1. The first-order valence-corrected chi connectivity index (χ1v) is 8.82. The molecule has 106 valence electrons. The fourth-order valence-corrected chi connectivity index (χ4v) is 4.57. The summed E-state index contributed by atoms with van der Waals surface area (Å²) in [7, 11) is 0. The maximum Gasteiger partial charge on any atom is 0.0277 e. The van der Waals surface area contributed by atoms with E-state index in [-0.39, 0.29) is 0 Å². The third-order valence-corrected chi connectivity index (χ3v) is 6.01. The Bertz CT molecular complexity index is 259. The van der Waals surface area contributed by atoms with E-state index in [1.807, 2.05) is 0 Å². The van der Waals surface area contributed by atoms with E-state index in [9.17, 15) is 0 Å². The maximum atomic E-state index is 3.75. The Kier molecular flexibility index (Phi) is 5.40. The summed E-state index contributed by atoms with van der Waals surface area (Å²) in [5.74, 6) is 1.28. The van der Waals surface area contributed by atoms with Crippen LogP contribution >= 0.6 is 11.8 Å². The monoisotopic (exact) mass is 270 g/mol. The fourth-order valence-electron chi connectivity index (χ4n) is 3.44. The molecule has 0 bridgehead atoms. The van der Waals surface area contributed by atoms with Crippen LogP contribution in [0.15, 0.2) is 0 Å². The van der Waals surface area contributed by atoms with Gasteiger partial charge in [0.2, 0.25) is 0 Å². The first-order chi connectivity index (χ1) is 8.67. The SMILES string of the molecule is CCSC1CCC(N2CCCNC(C)(CC)C2)C1. The zero-order valence-electron chi connectivity index (χ0n) is 12.4. The van der Waals surface area contributed by atoms with Gasteiger partial charge in [-0.15, -0.1) is 0 Å². The van der Waals surface area contributed by atoms with Crippen LogP contribution in [0.25, 0.3) is 0 Å². The summed E-state index contributed by atoms with van der Waals surface area (Å²) in [6.45, 7) is 10.8. The highest BCUT2D eigenvalue weighted by molar-refractivity contribution is 7.99. The van der Waals surface area contributed by atoms with E-state index in [0.29, 0.717) is 5.54 Å². The van der Waals surface area contributed by atoms with Crippen molar-refractivity contribution >= 4 is 11.8 Å².